The van der Waals surface area contributed by atoms with Crippen LogP contribution in [0.4, 0.5) is 0 Å². The zero-order valence-electron chi connectivity index (χ0n) is 9.38. The van der Waals surface area contributed by atoms with Crippen molar-refractivity contribution < 1.29 is 19.1 Å². The standard InChI is InChI=1S/C10H14Cl2O4/c1-6(2)9(14)16-7(3)10(11,12)5-15-8(4)13/h7H,1,5H2,2-4H3. The van der Waals surface area contributed by atoms with Gasteiger partial charge in [0.2, 0.25) is 0 Å². The first-order valence-corrected chi connectivity index (χ1v) is 5.30. The van der Waals surface area contributed by atoms with Crippen LogP contribution in [0.5, 0.6) is 0 Å². The summed E-state index contributed by atoms with van der Waals surface area (Å²) in [4.78, 5) is 21.8. The van der Waals surface area contributed by atoms with Crippen LogP contribution in [0, 0.1) is 0 Å². The minimum atomic E-state index is -1.48. The maximum absolute atomic E-state index is 11.2. The van der Waals surface area contributed by atoms with E-state index in [9.17, 15) is 9.59 Å². The van der Waals surface area contributed by atoms with Crippen molar-refractivity contribution in [1.29, 1.82) is 0 Å². The first kappa shape index (κ1) is 15.3. The number of carbonyl (C=O) groups excluding carboxylic acids is 2. The van der Waals surface area contributed by atoms with Crippen LogP contribution in [0.15, 0.2) is 12.2 Å². The first-order chi connectivity index (χ1) is 7.16. The molecule has 1 atom stereocenters. The fraction of sp³-hybridized carbons (Fsp3) is 0.600. The molecule has 0 N–H and O–H groups in total. The topological polar surface area (TPSA) is 52.6 Å². The van der Waals surface area contributed by atoms with E-state index in [1.165, 1.54) is 20.8 Å². The van der Waals surface area contributed by atoms with Gasteiger partial charge in [-0.2, -0.15) is 0 Å². The highest BCUT2D eigenvalue weighted by Gasteiger charge is 2.36. The van der Waals surface area contributed by atoms with Crippen molar-refractivity contribution in [3.63, 3.8) is 0 Å². The molecule has 0 aliphatic carbocycles. The van der Waals surface area contributed by atoms with E-state index < -0.39 is 22.4 Å². The summed E-state index contributed by atoms with van der Waals surface area (Å²) in [6.07, 6.45) is -0.820. The van der Waals surface area contributed by atoms with E-state index in [0.29, 0.717) is 0 Å². The van der Waals surface area contributed by atoms with Crippen LogP contribution in [-0.4, -0.2) is 29.0 Å². The second-order valence-electron chi connectivity index (χ2n) is 3.37. The number of halogens is 2. The molecule has 6 heteroatoms. The molecular weight excluding hydrogens is 255 g/mol. The predicted molar refractivity (Wildman–Crippen MR) is 61.4 cm³/mol. The van der Waals surface area contributed by atoms with E-state index in [4.69, 9.17) is 27.9 Å². The molecule has 0 saturated heterocycles. The van der Waals surface area contributed by atoms with E-state index in [1.54, 1.807) is 0 Å². The van der Waals surface area contributed by atoms with Crippen molar-refractivity contribution in [3.05, 3.63) is 12.2 Å². The van der Waals surface area contributed by atoms with Crippen LogP contribution in [-0.2, 0) is 19.1 Å². The molecule has 0 aliphatic heterocycles. The highest BCUT2D eigenvalue weighted by molar-refractivity contribution is 6.49. The lowest BCUT2D eigenvalue weighted by Gasteiger charge is -2.26. The molecule has 0 fully saturated rings. The summed E-state index contributed by atoms with van der Waals surface area (Å²) < 4.78 is 8.09. The van der Waals surface area contributed by atoms with Crippen LogP contribution in [0.3, 0.4) is 0 Å². The van der Waals surface area contributed by atoms with Crippen LogP contribution >= 0.6 is 23.2 Å². The lowest BCUT2D eigenvalue weighted by Crippen LogP contribution is -2.38. The van der Waals surface area contributed by atoms with Crippen molar-refractivity contribution in [2.45, 2.75) is 31.2 Å². The Kier molecular flexibility index (Phi) is 5.83. The lowest BCUT2D eigenvalue weighted by atomic mass is 10.2. The van der Waals surface area contributed by atoms with E-state index in [1.807, 2.05) is 0 Å². The van der Waals surface area contributed by atoms with Gasteiger partial charge in [0.05, 0.1) is 0 Å². The van der Waals surface area contributed by atoms with Gasteiger partial charge in [0.1, 0.15) is 12.7 Å². The van der Waals surface area contributed by atoms with Crippen molar-refractivity contribution in [2.75, 3.05) is 6.61 Å². The minimum absolute atomic E-state index is 0.239. The van der Waals surface area contributed by atoms with Gasteiger partial charge in [0.25, 0.3) is 0 Å². The average molecular weight is 269 g/mol. The quantitative estimate of drug-likeness (QED) is 0.436. The Morgan fingerprint density at radius 2 is 1.88 bits per heavy atom. The first-order valence-electron chi connectivity index (χ1n) is 4.54. The molecule has 0 amide bonds. The average Bonchev–Trinajstić information content (AvgIpc) is 2.14. The number of carbonyl (C=O) groups is 2. The fourth-order valence-electron chi connectivity index (χ4n) is 0.663. The Morgan fingerprint density at radius 1 is 1.38 bits per heavy atom. The SMILES string of the molecule is C=C(C)C(=O)OC(C)C(Cl)(Cl)COC(C)=O. The molecule has 0 spiro atoms. The third-order valence-corrected chi connectivity index (χ3v) is 2.53. The molecule has 4 nitrogen and oxygen atoms in total. The summed E-state index contributed by atoms with van der Waals surface area (Å²) in [6, 6.07) is 0. The molecule has 0 aromatic heterocycles. The molecule has 0 rings (SSSR count). The molecule has 92 valence electrons. The molecule has 1 unspecified atom stereocenters. The number of esters is 2. The van der Waals surface area contributed by atoms with Crippen LogP contribution in [0.1, 0.15) is 20.8 Å². The summed E-state index contributed by atoms with van der Waals surface area (Å²) in [6.45, 7) is 7.40. The van der Waals surface area contributed by atoms with Crippen LogP contribution in [0.25, 0.3) is 0 Å². The Labute approximate surface area is 104 Å². The number of rotatable bonds is 5. The van der Waals surface area contributed by atoms with Gasteiger partial charge in [-0.1, -0.05) is 29.8 Å². The number of ether oxygens (including phenoxy) is 2. The number of hydrogen-bond acceptors (Lipinski definition) is 4. The van der Waals surface area contributed by atoms with Crippen molar-refractivity contribution in [2.24, 2.45) is 0 Å². The number of hydrogen-bond donors (Lipinski definition) is 0. The molecule has 16 heavy (non-hydrogen) atoms. The van der Waals surface area contributed by atoms with Gasteiger partial charge in [-0.15, -0.1) is 0 Å². The fourth-order valence-corrected chi connectivity index (χ4v) is 0.861. The second-order valence-corrected chi connectivity index (χ2v) is 4.91. The largest absolute Gasteiger partial charge is 0.463 e. The molecule has 0 aromatic rings. The van der Waals surface area contributed by atoms with E-state index >= 15 is 0 Å². The van der Waals surface area contributed by atoms with Crippen molar-refractivity contribution in [1.82, 2.24) is 0 Å². The van der Waals surface area contributed by atoms with Crippen LogP contribution in [0.2, 0.25) is 0 Å². The molecule has 0 heterocycles. The van der Waals surface area contributed by atoms with E-state index in [2.05, 4.69) is 11.3 Å². The Hall–Kier alpha value is -0.740. The second kappa shape index (κ2) is 6.11. The van der Waals surface area contributed by atoms with E-state index in [-0.39, 0.29) is 12.2 Å². The van der Waals surface area contributed by atoms with Gasteiger partial charge >= 0.3 is 11.9 Å². The van der Waals surface area contributed by atoms with Gasteiger partial charge in [0.15, 0.2) is 4.33 Å². The molecular formula is C10H14Cl2O4. The normalized spacial score (nSPS) is 12.8. The number of alkyl halides is 2. The Morgan fingerprint density at radius 3 is 2.25 bits per heavy atom. The molecule has 0 saturated carbocycles. The van der Waals surface area contributed by atoms with Gasteiger partial charge < -0.3 is 9.47 Å². The zero-order chi connectivity index (χ0) is 12.9. The predicted octanol–water partition coefficient (Wildman–Crippen LogP) is 2.23. The van der Waals surface area contributed by atoms with Crippen molar-refractivity contribution >= 4 is 35.1 Å². The van der Waals surface area contributed by atoms with Gasteiger partial charge in [0, 0.05) is 12.5 Å². The molecule has 0 aliphatic rings. The van der Waals surface area contributed by atoms with Gasteiger partial charge in [-0.25, -0.2) is 4.79 Å². The summed E-state index contributed by atoms with van der Waals surface area (Å²) in [5.41, 5.74) is 0.239. The molecule has 0 bridgehead atoms. The Balaban J connectivity index is 4.33. The third kappa shape index (κ3) is 5.37. The summed E-state index contributed by atoms with van der Waals surface area (Å²) in [5.74, 6) is -1.11. The van der Waals surface area contributed by atoms with Crippen LogP contribution < -0.4 is 0 Å². The maximum Gasteiger partial charge on any atom is 0.333 e. The summed E-state index contributed by atoms with van der Waals surface area (Å²) >= 11 is 11.7. The molecule has 0 aromatic carbocycles. The third-order valence-electron chi connectivity index (χ3n) is 1.69. The van der Waals surface area contributed by atoms with Gasteiger partial charge in [-0.3, -0.25) is 4.79 Å². The summed E-state index contributed by atoms with van der Waals surface area (Å²) in [5, 5.41) is 0. The smallest absolute Gasteiger partial charge is 0.333 e. The monoisotopic (exact) mass is 268 g/mol. The highest BCUT2D eigenvalue weighted by atomic mass is 35.5. The minimum Gasteiger partial charge on any atom is -0.463 e. The van der Waals surface area contributed by atoms with Crippen molar-refractivity contribution in [3.8, 4) is 0 Å². The van der Waals surface area contributed by atoms with E-state index in [0.717, 1.165) is 0 Å². The Bertz CT molecular complexity index is 299. The molecule has 0 radical (unpaired) electrons. The highest BCUT2D eigenvalue weighted by Crippen LogP contribution is 2.28. The summed E-state index contributed by atoms with van der Waals surface area (Å²) in [7, 11) is 0. The van der Waals surface area contributed by atoms with Gasteiger partial charge in [-0.05, 0) is 13.8 Å². The zero-order valence-corrected chi connectivity index (χ0v) is 10.9. The lowest BCUT2D eigenvalue weighted by molar-refractivity contribution is -0.146. The maximum atomic E-state index is 11.2.